The van der Waals surface area contributed by atoms with Gasteiger partial charge in [0.05, 0.1) is 12.1 Å². The van der Waals surface area contributed by atoms with E-state index >= 15 is 0 Å². The molecule has 0 unspecified atom stereocenters. The Morgan fingerprint density at radius 3 is 2.25 bits per heavy atom. The van der Waals surface area contributed by atoms with Crippen molar-refractivity contribution in [1.82, 2.24) is 10.9 Å². The number of nitrogens with one attached hydrogen (secondary N) is 3. The van der Waals surface area contributed by atoms with Crippen LogP contribution in [0.1, 0.15) is 6.92 Å². The smallest absolute Gasteiger partial charge is 0.328 e. The highest BCUT2D eigenvalue weighted by atomic mass is 35.5. The number of hydrazine groups is 1. The summed E-state index contributed by atoms with van der Waals surface area (Å²) in [4.78, 5) is 35.7. The van der Waals surface area contributed by atoms with Gasteiger partial charge in [0.15, 0.2) is 6.10 Å². The van der Waals surface area contributed by atoms with Gasteiger partial charge < -0.3 is 14.8 Å². The average Bonchev–Trinajstić information content (AvgIpc) is 2.68. The number of ether oxygens (including phenoxy) is 2. The van der Waals surface area contributed by atoms with Gasteiger partial charge in [0.2, 0.25) is 0 Å². The van der Waals surface area contributed by atoms with Crippen LogP contribution in [0, 0.1) is 0 Å². The highest BCUT2D eigenvalue weighted by Gasteiger charge is 2.19. The van der Waals surface area contributed by atoms with E-state index in [1.807, 2.05) is 5.43 Å². The maximum absolute atomic E-state index is 12.0. The predicted molar refractivity (Wildman–Crippen MR) is 104 cm³/mol. The van der Waals surface area contributed by atoms with Crippen molar-refractivity contribution in [2.24, 2.45) is 0 Å². The number of carbonyl (C=O) groups excluding carboxylic acids is 3. The van der Waals surface area contributed by atoms with E-state index in [4.69, 9.17) is 32.7 Å². The van der Waals surface area contributed by atoms with Gasteiger partial charge in [0.25, 0.3) is 5.91 Å². The Hall–Kier alpha value is -2.97. The fourth-order valence-electron chi connectivity index (χ4n) is 1.95. The number of hydrogen-bond acceptors (Lipinski definition) is 5. The maximum Gasteiger partial charge on any atom is 0.328 e. The van der Waals surface area contributed by atoms with Crippen LogP contribution in [0.4, 0.5) is 5.69 Å². The molecule has 0 spiro atoms. The Labute approximate surface area is 171 Å². The minimum absolute atomic E-state index is 0.232. The Bertz CT molecular complexity index is 874. The topological polar surface area (TPSA) is 106 Å². The third kappa shape index (κ3) is 6.04. The van der Waals surface area contributed by atoms with Gasteiger partial charge in [-0.1, -0.05) is 23.2 Å². The van der Waals surface area contributed by atoms with E-state index in [2.05, 4.69) is 10.7 Å². The van der Waals surface area contributed by atoms with Gasteiger partial charge in [-0.25, -0.2) is 0 Å². The number of rotatable bonds is 5. The molecule has 148 valence electrons. The van der Waals surface area contributed by atoms with Crippen LogP contribution < -0.4 is 25.6 Å². The average molecular weight is 426 g/mol. The SMILES string of the molecule is COc1ccc(NC(=O)C(=O)NNC(=O)[C@@H](C)Oc2ccc(Cl)cc2Cl)cc1. The van der Waals surface area contributed by atoms with E-state index in [-0.39, 0.29) is 10.8 Å². The number of hydrogen-bond donors (Lipinski definition) is 3. The summed E-state index contributed by atoms with van der Waals surface area (Å²) in [5.41, 5.74) is 4.50. The van der Waals surface area contributed by atoms with Gasteiger partial charge in [-0.15, -0.1) is 0 Å². The van der Waals surface area contributed by atoms with Crippen molar-refractivity contribution in [3.63, 3.8) is 0 Å². The molecule has 0 radical (unpaired) electrons. The lowest BCUT2D eigenvalue weighted by molar-refractivity contribution is -0.139. The van der Waals surface area contributed by atoms with E-state index in [0.29, 0.717) is 16.5 Å². The van der Waals surface area contributed by atoms with Crippen LogP contribution in [-0.4, -0.2) is 30.9 Å². The molecule has 0 aliphatic heterocycles. The summed E-state index contributed by atoms with van der Waals surface area (Å²) in [6.07, 6.45) is -0.997. The molecule has 0 aromatic heterocycles. The highest BCUT2D eigenvalue weighted by Crippen LogP contribution is 2.28. The molecular formula is C18H17Cl2N3O5. The number of halogens is 2. The van der Waals surface area contributed by atoms with Crippen LogP contribution in [-0.2, 0) is 14.4 Å². The molecule has 2 aromatic carbocycles. The third-order valence-electron chi connectivity index (χ3n) is 3.42. The summed E-state index contributed by atoms with van der Waals surface area (Å²) in [6.45, 7) is 1.45. The van der Waals surface area contributed by atoms with Crippen LogP contribution in [0.2, 0.25) is 10.0 Å². The van der Waals surface area contributed by atoms with Gasteiger partial charge in [-0.3, -0.25) is 25.2 Å². The summed E-state index contributed by atoms with van der Waals surface area (Å²) >= 11 is 11.8. The number of methoxy groups -OCH3 is 1. The fraction of sp³-hybridized carbons (Fsp3) is 0.167. The molecule has 1 atom stereocenters. The molecule has 2 rings (SSSR count). The van der Waals surface area contributed by atoms with Crippen LogP contribution in [0.15, 0.2) is 42.5 Å². The van der Waals surface area contributed by atoms with Crippen LogP contribution >= 0.6 is 23.2 Å². The van der Waals surface area contributed by atoms with Crippen molar-refractivity contribution < 1.29 is 23.9 Å². The second-order valence-electron chi connectivity index (χ2n) is 5.46. The summed E-state index contributed by atoms with van der Waals surface area (Å²) in [7, 11) is 1.51. The summed E-state index contributed by atoms with van der Waals surface area (Å²) < 4.78 is 10.4. The first-order chi connectivity index (χ1) is 13.3. The molecule has 2 aromatic rings. The Kier molecular flexibility index (Phi) is 7.48. The Morgan fingerprint density at radius 2 is 1.64 bits per heavy atom. The van der Waals surface area contributed by atoms with E-state index in [1.54, 1.807) is 30.3 Å². The summed E-state index contributed by atoms with van der Waals surface area (Å²) in [5, 5.41) is 3.03. The van der Waals surface area contributed by atoms with Crippen molar-refractivity contribution in [1.29, 1.82) is 0 Å². The molecule has 0 fully saturated rings. The number of amides is 3. The first-order valence-corrected chi connectivity index (χ1v) is 8.72. The first-order valence-electron chi connectivity index (χ1n) is 7.97. The van der Waals surface area contributed by atoms with Gasteiger partial charge >= 0.3 is 11.8 Å². The first kappa shape index (κ1) is 21.3. The lowest BCUT2D eigenvalue weighted by atomic mass is 10.3. The van der Waals surface area contributed by atoms with E-state index in [0.717, 1.165) is 0 Å². The molecular weight excluding hydrogens is 409 g/mol. The second-order valence-corrected chi connectivity index (χ2v) is 6.30. The molecule has 28 heavy (non-hydrogen) atoms. The molecule has 0 saturated carbocycles. The Morgan fingerprint density at radius 1 is 0.964 bits per heavy atom. The largest absolute Gasteiger partial charge is 0.497 e. The van der Waals surface area contributed by atoms with E-state index < -0.39 is 23.8 Å². The molecule has 3 amide bonds. The molecule has 0 bridgehead atoms. The van der Waals surface area contributed by atoms with Crippen LogP contribution in [0.5, 0.6) is 11.5 Å². The van der Waals surface area contributed by atoms with E-state index in [1.165, 1.54) is 26.2 Å². The number of anilines is 1. The zero-order valence-electron chi connectivity index (χ0n) is 14.9. The lowest BCUT2D eigenvalue weighted by Gasteiger charge is -2.16. The zero-order chi connectivity index (χ0) is 20.7. The highest BCUT2D eigenvalue weighted by molar-refractivity contribution is 6.39. The summed E-state index contributed by atoms with van der Waals surface area (Å²) in [5.74, 6) is -1.85. The molecule has 0 saturated heterocycles. The standard InChI is InChI=1S/C18H17Cl2N3O5/c1-10(28-15-8-3-11(19)9-14(15)20)16(24)22-23-18(26)17(25)21-12-4-6-13(27-2)7-5-12/h3-10H,1-2H3,(H,21,25)(H,22,24)(H,23,26)/t10-/m1/s1. The normalized spacial score (nSPS) is 11.1. The number of carbonyl (C=O) groups is 3. The molecule has 3 N–H and O–H groups in total. The lowest BCUT2D eigenvalue weighted by Crippen LogP contribution is -2.50. The van der Waals surface area contributed by atoms with Gasteiger partial charge in [-0.2, -0.15) is 0 Å². The molecule has 0 heterocycles. The van der Waals surface area contributed by atoms with Gasteiger partial charge in [0, 0.05) is 10.7 Å². The van der Waals surface area contributed by atoms with Crippen molar-refractivity contribution in [2.75, 3.05) is 12.4 Å². The summed E-state index contributed by atoms with van der Waals surface area (Å²) in [6, 6.07) is 10.9. The van der Waals surface area contributed by atoms with Crippen molar-refractivity contribution in [3.8, 4) is 11.5 Å². The maximum atomic E-state index is 12.0. The quantitative estimate of drug-likeness (QED) is 0.504. The minimum Gasteiger partial charge on any atom is -0.497 e. The molecule has 8 nitrogen and oxygen atoms in total. The monoisotopic (exact) mass is 425 g/mol. The minimum atomic E-state index is -1.05. The fourth-order valence-corrected chi connectivity index (χ4v) is 2.41. The van der Waals surface area contributed by atoms with Crippen LogP contribution in [0.25, 0.3) is 0 Å². The van der Waals surface area contributed by atoms with Gasteiger partial charge in [-0.05, 0) is 49.4 Å². The molecule has 0 aliphatic rings. The van der Waals surface area contributed by atoms with E-state index in [9.17, 15) is 14.4 Å². The zero-order valence-corrected chi connectivity index (χ0v) is 16.4. The van der Waals surface area contributed by atoms with Gasteiger partial charge in [0.1, 0.15) is 11.5 Å². The predicted octanol–water partition coefficient (Wildman–Crippen LogP) is 2.56. The molecule has 0 aliphatic carbocycles. The third-order valence-corrected chi connectivity index (χ3v) is 3.95. The van der Waals surface area contributed by atoms with Crippen molar-refractivity contribution in [2.45, 2.75) is 13.0 Å². The van der Waals surface area contributed by atoms with Crippen molar-refractivity contribution in [3.05, 3.63) is 52.5 Å². The molecule has 10 heteroatoms. The van der Waals surface area contributed by atoms with Crippen LogP contribution in [0.3, 0.4) is 0 Å². The number of benzene rings is 2. The Balaban J connectivity index is 1.83. The van der Waals surface area contributed by atoms with Crippen molar-refractivity contribution >= 4 is 46.6 Å². The second kappa shape index (κ2) is 9.82.